The summed E-state index contributed by atoms with van der Waals surface area (Å²) in [5, 5.41) is 0. The van der Waals surface area contributed by atoms with Gasteiger partial charge in [-0.3, -0.25) is 0 Å². The van der Waals surface area contributed by atoms with Gasteiger partial charge in [-0.2, -0.15) is 0 Å². The van der Waals surface area contributed by atoms with E-state index in [9.17, 15) is 0 Å². The Kier molecular flexibility index (Phi) is 5.23. The molecule has 80 valence electrons. The van der Waals surface area contributed by atoms with Gasteiger partial charge < -0.3 is 0 Å². The monoisotopic (exact) mass is 396 g/mol. The summed E-state index contributed by atoms with van der Waals surface area (Å²) < 4.78 is 6.14. The van der Waals surface area contributed by atoms with Gasteiger partial charge in [0, 0.05) is 0 Å². The zero-order chi connectivity index (χ0) is 11.3. The van der Waals surface area contributed by atoms with Crippen molar-refractivity contribution in [2.45, 2.75) is 36.7 Å². The minimum absolute atomic E-state index is 0.337. The van der Waals surface area contributed by atoms with E-state index in [-0.39, 0.29) is 5.60 Å². The molecule has 0 saturated carbocycles. The Morgan fingerprint density at radius 2 is 1.73 bits per heavy atom. The van der Waals surface area contributed by atoms with E-state index in [1.54, 1.807) is 0 Å². The van der Waals surface area contributed by atoms with Gasteiger partial charge in [0.1, 0.15) is 0 Å². The summed E-state index contributed by atoms with van der Waals surface area (Å²) in [7, 11) is 0. The van der Waals surface area contributed by atoms with Crippen LogP contribution in [0.5, 0.6) is 0 Å². The van der Waals surface area contributed by atoms with Gasteiger partial charge in [0.15, 0.2) is 0 Å². The first kappa shape index (κ1) is 13.1. The molecule has 0 unspecified atom stereocenters. The van der Waals surface area contributed by atoms with Crippen LogP contribution in [0.4, 0.5) is 0 Å². The van der Waals surface area contributed by atoms with Crippen molar-refractivity contribution in [1.82, 2.24) is 0 Å². The van der Waals surface area contributed by atoms with Crippen molar-refractivity contribution in [3.8, 4) is 0 Å². The third-order valence-corrected chi connectivity index (χ3v) is 5.72. The van der Waals surface area contributed by atoms with Crippen molar-refractivity contribution in [3.05, 3.63) is 35.9 Å². The summed E-state index contributed by atoms with van der Waals surface area (Å²) in [6.45, 7) is 8.47. The van der Waals surface area contributed by atoms with E-state index in [0.717, 1.165) is 5.56 Å². The Hall–Kier alpha value is 0.0751. The molecule has 0 fully saturated rings. The average molecular weight is 395 g/mol. The van der Waals surface area contributed by atoms with Crippen molar-refractivity contribution in [3.63, 3.8) is 0 Å². The molecule has 1 aromatic rings. The van der Waals surface area contributed by atoms with Gasteiger partial charge in [-0.05, 0) is 0 Å². The molecular weight excluding hydrogens is 377 g/mol. The van der Waals surface area contributed by atoms with Crippen molar-refractivity contribution < 1.29 is 32.7 Å². The Labute approximate surface area is 105 Å². The fourth-order valence-corrected chi connectivity index (χ4v) is 3.67. The van der Waals surface area contributed by atoms with Gasteiger partial charge in [-0.1, -0.05) is 0 Å². The number of hydrogen-bond acceptors (Lipinski definition) is 2. The van der Waals surface area contributed by atoms with Crippen LogP contribution in [0.1, 0.15) is 33.3 Å². The zero-order valence-corrected chi connectivity index (χ0v) is 15.5. The molecule has 15 heavy (non-hydrogen) atoms. The molecule has 0 amide bonds. The number of benzene rings is 1. The van der Waals surface area contributed by atoms with Crippen LogP contribution in [0.3, 0.4) is 0 Å². The SMILES string of the molecule is C[CH](C)[Hg][O]OC(C)(C)c1ccccc1. The van der Waals surface area contributed by atoms with Crippen LogP contribution in [0, 0.1) is 0 Å². The maximum atomic E-state index is 5.53. The Bertz CT molecular complexity index is 283. The number of hydrogen-bond donors (Lipinski definition) is 0. The average Bonchev–Trinajstić information content (AvgIpc) is 2.18. The van der Waals surface area contributed by atoms with Crippen LogP contribution in [0.25, 0.3) is 0 Å². The minimum atomic E-state index is -1.27. The van der Waals surface area contributed by atoms with Crippen molar-refractivity contribution in [1.29, 1.82) is 0 Å². The molecule has 0 N–H and O–H groups in total. The molecule has 0 bridgehead atoms. The first-order chi connectivity index (χ1) is 7.02. The van der Waals surface area contributed by atoms with E-state index in [2.05, 4.69) is 26.0 Å². The van der Waals surface area contributed by atoms with Crippen LogP contribution in [0.2, 0.25) is 3.43 Å². The van der Waals surface area contributed by atoms with Crippen LogP contribution < -0.4 is 0 Å². The fraction of sp³-hybridized carbons (Fsp3) is 0.500. The molecule has 0 atom stereocenters. The third kappa shape index (κ3) is 4.62. The molecule has 2 nitrogen and oxygen atoms in total. The second-order valence-electron chi connectivity index (χ2n) is 4.64. The predicted molar refractivity (Wildman–Crippen MR) is 56.7 cm³/mol. The second kappa shape index (κ2) is 5.97. The summed E-state index contributed by atoms with van der Waals surface area (Å²) in [5.74, 6) is 0. The van der Waals surface area contributed by atoms with Crippen LogP contribution in [-0.4, -0.2) is 0 Å². The molecule has 0 radical (unpaired) electrons. The van der Waals surface area contributed by atoms with Crippen molar-refractivity contribution in [2.24, 2.45) is 0 Å². The maximum absolute atomic E-state index is 5.53. The van der Waals surface area contributed by atoms with Crippen LogP contribution in [0.15, 0.2) is 30.3 Å². The Morgan fingerprint density at radius 3 is 2.27 bits per heavy atom. The molecule has 3 heteroatoms. The molecule has 0 aliphatic carbocycles. The topological polar surface area (TPSA) is 18.5 Å². The van der Waals surface area contributed by atoms with E-state index in [1.165, 1.54) is 0 Å². The number of rotatable bonds is 5. The summed E-state index contributed by atoms with van der Waals surface area (Å²) in [5.41, 5.74) is 0.818. The molecule has 0 saturated heterocycles. The summed E-state index contributed by atoms with van der Waals surface area (Å²) in [4.78, 5) is 5.53. The molecule has 1 rings (SSSR count). The molecule has 0 aliphatic heterocycles. The van der Waals surface area contributed by atoms with Gasteiger partial charge in [-0.25, -0.2) is 0 Å². The molecule has 0 spiro atoms. The summed E-state index contributed by atoms with van der Waals surface area (Å²) >= 11 is -1.27. The first-order valence-corrected chi connectivity index (χ1v) is 10.8. The molecule has 1 aromatic carbocycles. The van der Waals surface area contributed by atoms with Gasteiger partial charge in [0.25, 0.3) is 0 Å². The van der Waals surface area contributed by atoms with Crippen LogP contribution in [-0.2, 0) is 38.3 Å². The van der Waals surface area contributed by atoms with E-state index < -0.39 is 25.0 Å². The van der Waals surface area contributed by atoms with E-state index >= 15 is 0 Å². The van der Waals surface area contributed by atoms with Gasteiger partial charge in [0.2, 0.25) is 0 Å². The zero-order valence-electron chi connectivity index (χ0n) is 9.99. The Balaban J connectivity index is 2.52. The molecule has 0 aliphatic rings. The molecule has 0 aromatic heterocycles. The van der Waals surface area contributed by atoms with E-state index in [0.29, 0.717) is 3.43 Å². The van der Waals surface area contributed by atoms with Crippen molar-refractivity contribution >= 4 is 0 Å². The molecule has 0 heterocycles. The summed E-state index contributed by atoms with van der Waals surface area (Å²) in [6.07, 6.45) is 0. The van der Waals surface area contributed by atoms with Gasteiger partial charge in [0.05, 0.1) is 0 Å². The van der Waals surface area contributed by atoms with Gasteiger partial charge in [-0.15, -0.1) is 0 Å². The molecular formula is C12H18HgO2. The quantitative estimate of drug-likeness (QED) is 0.431. The van der Waals surface area contributed by atoms with Crippen LogP contribution >= 0.6 is 0 Å². The first-order valence-electron chi connectivity index (χ1n) is 5.38. The predicted octanol–water partition coefficient (Wildman–Crippen LogP) is 3.70. The van der Waals surface area contributed by atoms with E-state index in [4.69, 9.17) is 7.68 Å². The third-order valence-electron chi connectivity index (χ3n) is 2.14. The standard InChI is InChI=1S/C9H12O2.C3H7.Hg/c1-9(2,11-10)8-6-4-3-5-7-8;1-3-2;/h3-7,10H,1-2H3;3H,1-2H3;/q;;+1/p-1. The Morgan fingerprint density at radius 1 is 1.13 bits per heavy atom. The van der Waals surface area contributed by atoms with Gasteiger partial charge >= 0.3 is 105 Å². The fourth-order valence-electron chi connectivity index (χ4n) is 1.21. The summed E-state index contributed by atoms with van der Waals surface area (Å²) in [6, 6.07) is 10.2. The second-order valence-corrected chi connectivity index (χ2v) is 13.2. The van der Waals surface area contributed by atoms with Crippen molar-refractivity contribution in [2.75, 3.05) is 0 Å². The van der Waals surface area contributed by atoms with E-state index in [1.807, 2.05) is 32.0 Å². The normalized spacial score (nSPS) is 11.5.